The molecular weight excluding hydrogens is 528 g/mol. The summed E-state index contributed by atoms with van der Waals surface area (Å²) >= 11 is 5.50. The quantitative estimate of drug-likeness (QED) is 0.274. The zero-order chi connectivity index (χ0) is 29.0. The van der Waals surface area contributed by atoms with Crippen LogP contribution in [0.3, 0.4) is 0 Å². The third-order valence-corrected chi connectivity index (χ3v) is 8.40. The van der Waals surface area contributed by atoms with Crippen molar-refractivity contribution in [2.75, 3.05) is 39.0 Å². The Bertz CT molecular complexity index is 1330. The minimum absolute atomic E-state index is 0.000677. The van der Waals surface area contributed by atoms with E-state index >= 15 is 0 Å². The molecule has 1 fully saturated rings. The van der Waals surface area contributed by atoms with Crippen LogP contribution >= 0.6 is 11.6 Å². The molecule has 0 aromatic heterocycles. The molecule has 0 saturated heterocycles. The zero-order valence-corrected chi connectivity index (χ0v) is 23.1. The number of rotatable bonds is 8. The van der Waals surface area contributed by atoms with Gasteiger partial charge in [-0.2, -0.15) is 0 Å². The molecule has 1 aromatic carbocycles. The smallest absolute Gasteiger partial charge is 0.202 e. The van der Waals surface area contributed by atoms with Crippen molar-refractivity contribution >= 4 is 46.2 Å². The molecule has 3 aliphatic rings. The van der Waals surface area contributed by atoms with Crippen LogP contribution in [0.5, 0.6) is 5.75 Å². The number of halogens is 1. The fourth-order valence-corrected chi connectivity index (χ4v) is 6.45. The van der Waals surface area contributed by atoms with E-state index in [1.807, 2.05) is 19.0 Å². The summed E-state index contributed by atoms with van der Waals surface area (Å²) in [4.78, 5) is 55.6. The maximum Gasteiger partial charge on any atom is 0.202 e. The van der Waals surface area contributed by atoms with Crippen LogP contribution in [0.25, 0.3) is 5.76 Å². The number of ketones is 4. The van der Waals surface area contributed by atoms with Crippen molar-refractivity contribution in [3.05, 3.63) is 40.2 Å². The monoisotopic (exact) mass is 560 g/mol. The fraction of sp³-hybridized carbons (Fsp3) is 0.500. The number of phenols is 1. The Balaban J connectivity index is 1.86. The van der Waals surface area contributed by atoms with Crippen molar-refractivity contribution in [1.29, 1.82) is 0 Å². The number of carbonyl (C=O) groups excluding carboxylic acids is 4. The summed E-state index contributed by atoms with van der Waals surface area (Å²) < 4.78 is 0. The van der Waals surface area contributed by atoms with E-state index in [9.17, 15) is 39.6 Å². The number of nitrogens with zero attached hydrogens (tertiary/aromatic N) is 2. The highest BCUT2D eigenvalue weighted by Crippen LogP contribution is 2.53. The van der Waals surface area contributed by atoms with Gasteiger partial charge in [0.15, 0.2) is 17.2 Å². The molecular formula is C28H33ClN2O8. The second-order valence-electron chi connectivity index (χ2n) is 10.9. The molecule has 4 N–H and O–H groups in total. The molecule has 1 saturated carbocycles. The number of aliphatic hydroxyl groups excluding tert-OH is 2. The van der Waals surface area contributed by atoms with Crippen molar-refractivity contribution < 1.29 is 39.6 Å². The second kappa shape index (κ2) is 10.4. The molecule has 0 spiro atoms. The molecule has 10 nitrogen and oxygen atoms in total. The lowest BCUT2D eigenvalue weighted by Gasteiger charge is -2.50. The van der Waals surface area contributed by atoms with E-state index < -0.39 is 57.9 Å². The first-order valence-electron chi connectivity index (χ1n) is 12.7. The van der Waals surface area contributed by atoms with Gasteiger partial charge in [0.05, 0.1) is 17.5 Å². The first-order valence-corrected chi connectivity index (χ1v) is 13.3. The van der Waals surface area contributed by atoms with Gasteiger partial charge in [0.2, 0.25) is 5.78 Å². The molecule has 4 atom stereocenters. The van der Waals surface area contributed by atoms with Crippen LogP contribution in [-0.2, 0) is 25.6 Å². The van der Waals surface area contributed by atoms with Gasteiger partial charge in [0, 0.05) is 44.1 Å². The van der Waals surface area contributed by atoms with Crippen LogP contribution in [0.2, 0.25) is 0 Å². The number of hydrogen-bond acceptors (Lipinski definition) is 10. The summed E-state index contributed by atoms with van der Waals surface area (Å²) in [5.41, 5.74) is -2.06. The number of carbonyl (C=O) groups is 4. The van der Waals surface area contributed by atoms with E-state index in [-0.39, 0.29) is 60.7 Å². The standard InChI is InChI=1S/C28H33ClN2O8/c1-30(2)17-8-9-19(34)21-15(17)10-13-11-16-23(31(3)4)25(36)22(18(33)7-5-6-14(32)12-29)27(38)28(16,39)26(37)20(13)24(21)35/h8-9,13,16,23,34-35,38-39H,5-7,10-12H2,1-4H3/t13-,16-,23-,28-/m0/s1. The Labute approximate surface area is 231 Å². The van der Waals surface area contributed by atoms with Gasteiger partial charge in [-0.05, 0) is 57.0 Å². The lowest BCUT2D eigenvalue weighted by molar-refractivity contribution is -0.153. The van der Waals surface area contributed by atoms with Crippen molar-refractivity contribution in [1.82, 2.24) is 4.90 Å². The largest absolute Gasteiger partial charge is 0.508 e. The highest BCUT2D eigenvalue weighted by Gasteiger charge is 2.64. The number of phenolic OH excluding ortho intramolecular Hbond substituents is 1. The fourth-order valence-electron chi connectivity index (χ4n) is 6.32. The summed E-state index contributed by atoms with van der Waals surface area (Å²) in [6.45, 7) is 0. The highest BCUT2D eigenvalue weighted by atomic mass is 35.5. The van der Waals surface area contributed by atoms with Gasteiger partial charge in [-0.25, -0.2) is 0 Å². The number of aliphatic hydroxyl groups is 3. The average Bonchev–Trinajstić information content (AvgIpc) is 2.85. The third-order valence-electron chi connectivity index (χ3n) is 8.10. The number of Topliss-reactive ketones (excluding diaryl/α,β-unsaturated/α-hetero) is 4. The first-order chi connectivity index (χ1) is 18.3. The third kappa shape index (κ3) is 4.44. The Morgan fingerprint density at radius 2 is 1.74 bits per heavy atom. The number of hydrogen-bond donors (Lipinski definition) is 4. The summed E-state index contributed by atoms with van der Waals surface area (Å²) in [6.07, 6.45) is 0.103. The lowest BCUT2D eigenvalue weighted by Crippen LogP contribution is -2.65. The topological polar surface area (TPSA) is 156 Å². The number of alkyl halides is 1. The molecule has 11 heteroatoms. The van der Waals surface area contributed by atoms with Gasteiger partial charge < -0.3 is 25.3 Å². The number of likely N-dealkylation sites (N-methyl/N-ethyl adjacent to an activating group) is 1. The number of aromatic hydroxyl groups is 1. The number of anilines is 1. The van der Waals surface area contributed by atoms with Gasteiger partial charge in [-0.3, -0.25) is 24.1 Å². The Hall–Kier alpha value is -3.21. The zero-order valence-electron chi connectivity index (χ0n) is 22.3. The van der Waals surface area contributed by atoms with Crippen molar-refractivity contribution in [3.63, 3.8) is 0 Å². The molecule has 0 heterocycles. The maximum absolute atomic E-state index is 14.0. The number of benzene rings is 1. The van der Waals surface area contributed by atoms with Crippen molar-refractivity contribution in [3.8, 4) is 5.75 Å². The molecule has 1 aromatic rings. The van der Waals surface area contributed by atoms with Crippen LogP contribution in [0.4, 0.5) is 5.69 Å². The molecule has 0 amide bonds. The molecule has 0 unspecified atom stereocenters. The van der Waals surface area contributed by atoms with Crippen LogP contribution in [0.1, 0.15) is 36.8 Å². The predicted octanol–water partition coefficient (Wildman–Crippen LogP) is 2.09. The van der Waals surface area contributed by atoms with Gasteiger partial charge in [-0.15, -0.1) is 11.6 Å². The number of fused-ring (bicyclic) bond motifs is 3. The minimum atomic E-state index is -2.65. The van der Waals surface area contributed by atoms with E-state index in [1.165, 1.54) is 11.0 Å². The predicted molar refractivity (Wildman–Crippen MR) is 144 cm³/mol. The second-order valence-corrected chi connectivity index (χ2v) is 11.2. The van der Waals surface area contributed by atoms with Crippen molar-refractivity contribution in [2.24, 2.45) is 11.8 Å². The molecule has 3 aliphatic carbocycles. The molecule has 210 valence electrons. The van der Waals surface area contributed by atoms with Gasteiger partial charge in [0.1, 0.15) is 28.6 Å². The van der Waals surface area contributed by atoms with E-state index in [1.54, 1.807) is 20.2 Å². The highest BCUT2D eigenvalue weighted by molar-refractivity contribution is 6.28. The van der Waals surface area contributed by atoms with E-state index in [2.05, 4.69) is 0 Å². The Morgan fingerprint density at radius 1 is 1.08 bits per heavy atom. The van der Waals surface area contributed by atoms with E-state index in [0.717, 1.165) is 5.69 Å². The summed E-state index contributed by atoms with van der Waals surface area (Å²) in [7, 11) is 6.78. The summed E-state index contributed by atoms with van der Waals surface area (Å²) in [6, 6.07) is 1.99. The Kier molecular flexibility index (Phi) is 7.68. The molecule has 4 rings (SSSR count). The average molecular weight is 561 g/mol. The molecule has 0 aliphatic heterocycles. The normalized spacial score (nSPS) is 26.4. The Morgan fingerprint density at radius 3 is 2.33 bits per heavy atom. The first kappa shape index (κ1) is 28.8. The maximum atomic E-state index is 14.0. The van der Waals surface area contributed by atoms with E-state index in [0.29, 0.717) is 5.56 Å². The van der Waals surface area contributed by atoms with Crippen LogP contribution in [0, 0.1) is 11.8 Å². The van der Waals surface area contributed by atoms with Crippen LogP contribution in [0.15, 0.2) is 29.0 Å². The summed E-state index contributed by atoms with van der Waals surface area (Å²) in [5, 5.41) is 45.0. The summed E-state index contributed by atoms with van der Waals surface area (Å²) in [5.74, 6) is -6.52. The van der Waals surface area contributed by atoms with Crippen LogP contribution in [-0.4, -0.2) is 94.2 Å². The SMILES string of the molecule is CN(C)c1ccc(O)c2c1C[C@H]1C[C@H]3[C@H](N(C)C)C(=O)C(C(=O)CCCC(=O)CCl)=C(O)[C@@]3(O)C(=O)C1=C2O. The van der Waals surface area contributed by atoms with E-state index in [4.69, 9.17) is 11.6 Å². The minimum Gasteiger partial charge on any atom is -0.508 e. The van der Waals surface area contributed by atoms with Gasteiger partial charge in [0.25, 0.3) is 0 Å². The van der Waals surface area contributed by atoms with Gasteiger partial charge in [-0.1, -0.05) is 0 Å². The van der Waals surface area contributed by atoms with Crippen LogP contribution < -0.4 is 4.90 Å². The lowest BCUT2D eigenvalue weighted by atomic mass is 9.57. The molecule has 39 heavy (non-hydrogen) atoms. The van der Waals surface area contributed by atoms with Gasteiger partial charge >= 0.3 is 0 Å². The van der Waals surface area contributed by atoms with Crippen molar-refractivity contribution in [2.45, 2.75) is 43.7 Å². The molecule has 0 bridgehead atoms. The molecule has 0 radical (unpaired) electrons.